The summed E-state index contributed by atoms with van der Waals surface area (Å²) < 4.78 is 12.1. The van der Waals surface area contributed by atoms with Gasteiger partial charge in [-0.1, -0.05) is 51.5 Å². The Kier molecular flexibility index (Phi) is 6.42. The third kappa shape index (κ3) is 3.92. The quantitative estimate of drug-likeness (QED) is 0.387. The summed E-state index contributed by atoms with van der Waals surface area (Å²) in [7, 11) is -0.207. The first-order chi connectivity index (χ1) is 14.2. The van der Waals surface area contributed by atoms with Crippen molar-refractivity contribution >= 4 is 19.9 Å². The number of unbranched alkanes of at least 4 members (excludes halogenated alkanes) is 1. The van der Waals surface area contributed by atoms with E-state index >= 15 is 0 Å². The largest absolute Gasteiger partial charge is 0.542 e. The van der Waals surface area contributed by atoms with E-state index in [-0.39, 0.29) is 29.8 Å². The summed E-state index contributed by atoms with van der Waals surface area (Å²) in [5.41, 5.74) is 1.23. The number of carbonyl (C=O) groups is 2. The summed E-state index contributed by atoms with van der Waals surface area (Å²) in [4.78, 5) is 25.5. The fourth-order valence-electron chi connectivity index (χ4n) is 5.10. The molecule has 5 heteroatoms. The maximum Gasteiger partial charge on any atom is 0.245 e. The van der Waals surface area contributed by atoms with Gasteiger partial charge in [0, 0.05) is 17.3 Å². The van der Waals surface area contributed by atoms with E-state index in [9.17, 15) is 9.59 Å². The molecule has 0 saturated heterocycles. The Bertz CT molecular complexity index is 885. The van der Waals surface area contributed by atoms with Crippen molar-refractivity contribution in [1.82, 2.24) is 0 Å². The molecule has 0 spiro atoms. The molecule has 1 fully saturated rings. The average Bonchev–Trinajstić information content (AvgIpc) is 2.94. The van der Waals surface area contributed by atoms with Crippen LogP contribution in [0.2, 0.25) is 19.1 Å². The molecule has 2 aliphatic rings. The maximum absolute atomic E-state index is 13.0. The van der Waals surface area contributed by atoms with Crippen molar-refractivity contribution in [3.05, 3.63) is 48.1 Å². The molecule has 0 aliphatic heterocycles. The SMILES string of the molecule is C=CC1=CCC2C(=O)CC(=O)C2(C)C1c1ccc(O[Si](C)(C)CCCC)c(OC)c1. The Morgan fingerprint density at radius 2 is 2.00 bits per heavy atom. The zero-order chi connectivity index (χ0) is 22.1. The van der Waals surface area contributed by atoms with Gasteiger partial charge in [0.25, 0.3) is 0 Å². The molecule has 3 atom stereocenters. The Morgan fingerprint density at radius 1 is 1.27 bits per heavy atom. The van der Waals surface area contributed by atoms with Crippen molar-refractivity contribution in [2.45, 2.75) is 64.6 Å². The van der Waals surface area contributed by atoms with Crippen LogP contribution in [-0.4, -0.2) is 27.0 Å². The smallest absolute Gasteiger partial charge is 0.245 e. The highest BCUT2D eigenvalue weighted by Gasteiger charge is 2.57. The summed E-state index contributed by atoms with van der Waals surface area (Å²) in [5.74, 6) is 1.05. The van der Waals surface area contributed by atoms with Crippen LogP contribution in [0.3, 0.4) is 0 Å². The highest BCUT2D eigenvalue weighted by molar-refractivity contribution is 6.71. The summed E-state index contributed by atoms with van der Waals surface area (Å²) in [6, 6.07) is 7.06. The number of methoxy groups -OCH3 is 1. The van der Waals surface area contributed by atoms with E-state index < -0.39 is 13.7 Å². The molecule has 0 amide bonds. The molecule has 0 heterocycles. The van der Waals surface area contributed by atoms with Gasteiger partial charge in [-0.05, 0) is 48.8 Å². The minimum Gasteiger partial charge on any atom is -0.542 e. The molecule has 162 valence electrons. The Labute approximate surface area is 181 Å². The molecule has 1 aromatic carbocycles. The molecule has 0 radical (unpaired) electrons. The molecule has 0 bridgehead atoms. The van der Waals surface area contributed by atoms with Crippen molar-refractivity contribution in [1.29, 1.82) is 0 Å². The van der Waals surface area contributed by atoms with Gasteiger partial charge in [-0.3, -0.25) is 9.59 Å². The Hall–Kier alpha value is -2.14. The van der Waals surface area contributed by atoms with Gasteiger partial charge < -0.3 is 9.16 Å². The van der Waals surface area contributed by atoms with E-state index in [2.05, 4.69) is 32.7 Å². The second kappa shape index (κ2) is 8.54. The molecule has 0 N–H and O–H groups in total. The number of benzene rings is 1. The van der Waals surface area contributed by atoms with Crippen LogP contribution in [0.5, 0.6) is 11.5 Å². The second-order valence-electron chi connectivity index (χ2n) is 9.35. The van der Waals surface area contributed by atoms with Crippen molar-refractivity contribution in [3.8, 4) is 11.5 Å². The van der Waals surface area contributed by atoms with Gasteiger partial charge in [0.1, 0.15) is 17.3 Å². The minimum absolute atomic E-state index is 0.0300. The number of rotatable bonds is 8. The normalized spacial score (nSPS) is 26.2. The van der Waals surface area contributed by atoms with E-state index in [1.54, 1.807) is 7.11 Å². The van der Waals surface area contributed by atoms with Crippen LogP contribution in [-0.2, 0) is 9.59 Å². The minimum atomic E-state index is -1.85. The zero-order valence-corrected chi connectivity index (χ0v) is 19.9. The average molecular weight is 427 g/mol. The molecule has 1 aromatic rings. The van der Waals surface area contributed by atoms with Gasteiger partial charge in [-0.2, -0.15) is 0 Å². The number of allylic oxidation sites excluding steroid dienone is 3. The third-order valence-electron chi connectivity index (χ3n) is 6.85. The van der Waals surface area contributed by atoms with Crippen molar-refractivity contribution in [3.63, 3.8) is 0 Å². The van der Waals surface area contributed by atoms with E-state index in [0.717, 1.165) is 35.8 Å². The molecule has 2 aliphatic carbocycles. The number of hydrogen-bond donors (Lipinski definition) is 0. The van der Waals surface area contributed by atoms with Crippen LogP contribution in [0, 0.1) is 11.3 Å². The van der Waals surface area contributed by atoms with E-state index in [1.807, 2.05) is 31.2 Å². The maximum atomic E-state index is 13.0. The lowest BCUT2D eigenvalue weighted by molar-refractivity contribution is -0.127. The van der Waals surface area contributed by atoms with Crippen molar-refractivity contribution in [2.75, 3.05) is 7.11 Å². The van der Waals surface area contributed by atoms with Crippen LogP contribution >= 0.6 is 0 Å². The van der Waals surface area contributed by atoms with Crippen molar-refractivity contribution < 1.29 is 18.8 Å². The molecule has 3 unspecified atom stereocenters. The number of ketones is 2. The predicted molar refractivity (Wildman–Crippen MR) is 123 cm³/mol. The van der Waals surface area contributed by atoms with Crippen molar-refractivity contribution in [2.24, 2.45) is 11.3 Å². The molecule has 1 saturated carbocycles. The lowest BCUT2D eigenvalue weighted by Crippen LogP contribution is -2.40. The lowest BCUT2D eigenvalue weighted by atomic mass is 9.60. The molecule has 4 nitrogen and oxygen atoms in total. The van der Waals surface area contributed by atoms with E-state index in [4.69, 9.17) is 9.16 Å². The van der Waals surface area contributed by atoms with Crippen LogP contribution in [0.15, 0.2) is 42.5 Å². The summed E-state index contributed by atoms with van der Waals surface area (Å²) in [5, 5.41) is 0. The van der Waals surface area contributed by atoms with E-state index in [0.29, 0.717) is 12.2 Å². The monoisotopic (exact) mass is 426 g/mol. The van der Waals surface area contributed by atoms with Gasteiger partial charge in [0.15, 0.2) is 5.75 Å². The fourth-order valence-corrected chi connectivity index (χ4v) is 7.17. The summed E-state index contributed by atoms with van der Waals surface area (Å²) in [6.45, 7) is 12.6. The standard InChI is InChI=1S/C25H34O4Si/c1-7-9-14-30(5,6)29-21-13-11-18(15-22(21)28-4)24-17(8-2)10-12-19-20(26)16-23(27)25(19,24)3/h8,10-11,13,15,19,24H,2,7,9,12,14,16H2,1,3-6H3. The molecule has 3 rings (SSSR count). The van der Waals surface area contributed by atoms with Gasteiger partial charge in [0.2, 0.25) is 8.32 Å². The summed E-state index contributed by atoms with van der Waals surface area (Å²) in [6.07, 6.45) is 6.84. The Balaban J connectivity index is 2.01. The number of Topliss-reactive ketones (excluding diaryl/α,β-unsaturated/α-hetero) is 2. The first-order valence-electron chi connectivity index (χ1n) is 10.9. The van der Waals surface area contributed by atoms with Crippen LogP contribution in [0.4, 0.5) is 0 Å². The first-order valence-corrected chi connectivity index (χ1v) is 14.0. The van der Waals surface area contributed by atoms with E-state index in [1.165, 1.54) is 0 Å². The number of fused-ring (bicyclic) bond motifs is 1. The predicted octanol–water partition coefficient (Wildman–Crippen LogP) is 5.84. The fraction of sp³-hybridized carbons (Fsp3) is 0.520. The van der Waals surface area contributed by atoms with Crippen LogP contribution in [0.25, 0.3) is 0 Å². The van der Waals surface area contributed by atoms with Crippen LogP contribution in [0.1, 0.15) is 51.0 Å². The Morgan fingerprint density at radius 3 is 2.63 bits per heavy atom. The number of carbonyl (C=O) groups excluding carboxylic acids is 2. The number of ether oxygens (including phenoxy) is 1. The van der Waals surface area contributed by atoms with Gasteiger partial charge in [-0.15, -0.1) is 0 Å². The third-order valence-corrected chi connectivity index (χ3v) is 9.18. The van der Waals surface area contributed by atoms with Gasteiger partial charge >= 0.3 is 0 Å². The zero-order valence-electron chi connectivity index (χ0n) is 18.9. The van der Waals surface area contributed by atoms with Crippen LogP contribution < -0.4 is 9.16 Å². The lowest BCUT2D eigenvalue weighted by Gasteiger charge is -2.41. The molecule has 30 heavy (non-hydrogen) atoms. The van der Waals surface area contributed by atoms with Gasteiger partial charge in [-0.25, -0.2) is 0 Å². The molecular weight excluding hydrogens is 392 g/mol. The molecular formula is C25H34O4Si. The topological polar surface area (TPSA) is 52.6 Å². The second-order valence-corrected chi connectivity index (χ2v) is 13.6. The number of hydrogen-bond acceptors (Lipinski definition) is 4. The highest BCUT2D eigenvalue weighted by atomic mass is 28.4. The highest BCUT2D eigenvalue weighted by Crippen LogP contribution is 2.56. The first kappa shape index (κ1) is 22.5. The molecule has 0 aromatic heterocycles. The van der Waals surface area contributed by atoms with Gasteiger partial charge in [0.05, 0.1) is 13.5 Å². The summed E-state index contributed by atoms with van der Waals surface area (Å²) >= 11 is 0.